The second-order valence-corrected chi connectivity index (χ2v) is 10.9. The molecule has 0 aliphatic carbocycles. The quantitative estimate of drug-likeness (QED) is 0.241. The zero-order chi connectivity index (χ0) is 29.9. The number of methoxy groups -OCH3 is 1. The van der Waals surface area contributed by atoms with Gasteiger partial charge in [-0.3, -0.25) is 9.52 Å². The van der Waals surface area contributed by atoms with Gasteiger partial charge in [-0.2, -0.15) is 22.0 Å². The number of hydrogen-bond acceptors (Lipinski definition) is 6. The maximum atomic E-state index is 14.2. The highest BCUT2D eigenvalue weighted by Crippen LogP contribution is 2.37. The predicted octanol–water partition coefficient (Wildman–Crippen LogP) is 6.30. The van der Waals surface area contributed by atoms with Crippen LogP contribution in [-0.2, 0) is 25.7 Å². The van der Waals surface area contributed by atoms with Gasteiger partial charge < -0.3 is 14.4 Å². The van der Waals surface area contributed by atoms with Crippen molar-refractivity contribution in [3.8, 4) is 16.9 Å². The average Bonchev–Trinajstić information content (AvgIpc) is 2.91. The first-order valence-corrected chi connectivity index (χ1v) is 13.7. The molecule has 1 N–H and O–H groups in total. The zero-order valence-corrected chi connectivity index (χ0v) is 22.2. The lowest BCUT2D eigenvalue weighted by Gasteiger charge is -2.34. The molecule has 3 aromatic rings. The molecule has 14 heteroatoms. The molecule has 3 aromatic carbocycles. The van der Waals surface area contributed by atoms with Crippen molar-refractivity contribution in [1.82, 2.24) is 0 Å². The number of nitrogens with one attached hydrogen (secondary N) is 1. The SMILES string of the molecule is COC(=O)C1CCN(c2ccc(-c3cc(F)cc(OC(F)F)c3)cc2NS(=O)(=O)c2cccc(C(F)(F)F)c2)CC1. The summed E-state index contributed by atoms with van der Waals surface area (Å²) in [5.74, 6) is -2.09. The Kier molecular flexibility index (Phi) is 8.71. The van der Waals surface area contributed by atoms with Crippen molar-refractivity contribution in [2.75, 3.05) is 29.8 Å². The van der Waals surface area contributed by atoms with E-state index < -0.39 is 44.8 Å². The van der Waals surface area contributed by atoms with Gasteiger partial charge in [0.15, 0.2) is 0 Å². The van der Waals surface area contributed by atoms with Crippen LogP contribution in [-0.4, -0.2) is 41.2 Å². The standard InChI is InChI=1S/C27H24F6N2O5S/c1-39-25(36)16-7-9-35(10-8-16)24-6-5-17(18-11-20(28)15-21(12-18)40-26(29)30)13-23(24)34-41(37,38)22-4-2-3-19(14-22)27(31,32)33/h2-6,11-16,26,34H,7-10H2,1H3. The summed E-state index contributed by atoms with van der Waals surface area (Å²) in [4.78, 5) is 13.1. The van der Waals surface area contributed by atoms with Crippen LogP contribution < -0.4 is 14.4 Å². The first kappa shape index (κ1) is 30.0. The molecule has 4 rings (SSSR count). The molecule has 0 amide bonds. The van der Waals surface area contributed by atoms with E-state index in [0.29, 0.717) is 37.7 Å². The van der Waals surface area contributed by atoms with Crippen LogP contribution in [0.15, 0.2) is 65.6 Å². The van der Waals surface area contributed by atoms with E-state index in [9.17, 15) is 39.6 Å². The van der Waals surface area contributed by atoms with Crippen molar-refractivity contribution in [3.05, 3.63) is 72.0 Å². The Bertz CT molecular complexity index is 1520. The van der Waals surface area contributed by atoms with E-state index >= 15 is 0 Å². The van der Waals surface area contributed by atoms with Crippen molar-refractivity contribution in [2.45, 2.75) is 30.5 Å². The number of esters is 1. The molecule has 220 valence electrons. The van der Waals surface area contributed by atoms with Crippen LogP contribution in [0.1, 0.15) is 18.4 Å². The van der Waals surface area contributed by atoms with Crippen molar-refractivity contribution < 1.29 is 49.0 Å². The van der Waals surface area contributed by atoms with Gasteiger partial charge >= 0.3 is 18.8 Å². The van der Waals surface area contributed by atoms with Gasteiger partial charge in [-0.15, -0.1) is 0 Å². The number of carbonyl (C=O) groups is 1. The van der Waals surface area contributed by atoms with E-state index in [1.165, 1.54) is 25.3 Å². The van der Waals surface area contributed by atoms with Gasteiger partial charge in [0.1, 0.15) is 11.6 Å². The molecule has 1 heterocycles. The Morgan fingerprint density at radius 1 is 1.00 bits per heavy atom. The van der Waals surface area contributed by atoms with E-state index in [0.717, 1.165) is 36.4 Å². The van der Waals surface area contributed by atoms with Crippen molar-refractivity contribution in [3.63, 3.8) is 0 Å². The Labute approximate surface area is 231 Å². The molecular formula is C27H24F6N2O5S. The summed E-state index contributed by atoms with van der Waals surface area (Å²) < 4.78 is 117. The Morgan fingerprint density at radius 2 is 1.71 bits per heavy atom. The van der Waals surface area contributed by atoms with Gasteiger partial charge in [-0.25, -0.2) is 12.8 Å². The normalized spacial score (nSPS) is 14.7. The average molecular weight is 603 g/mol. The minimum atomic E-state index is -4.78. The summed E-state index contributed by atoms with van der Waals surface area (Å²) in [5.41, 5.74) is -0.592. The third kappa shape index (κ3) is 7.23. The van der Waals surface area contributed by atoms with Crippen LogP contribution in [0.3, 0.4) is 0 Å². The largest absolute Gasteiger partial charge is 0.469 e. The van der Waals surface area contributed by atoms with Crippen molar-refractivity contribution in [2.24, 2.45) is 5.92 Å². The minimum Gasteiger partial charge on any atom is -0.469 e. The van der Waals surface area contributed by atoms with Gasteiger partial charge in [0.2, 0.25) is 0 Å². The number of sulfonamides is 1. The number of ether oxygens (including phenoxy) is 2. The lowest BCUT2D eigenvalue weighted by Crippen LogP contribution is -2.37. The highest BCUT2D eigenvalue weighted by Gasteiger charge is 2.32. The van der Waals surface area contributed by atoms with Crippen LogP contribution in [0.2, 0.25) is 0 Å². The number of piperidine rings is 1. The molecule has 1 aliphatic heterocycles. The smallest absolute Gasteiger partial charge is 0.416 e. The fourth-order valence-corrected chi connectivity index (χ4v) is 5.65. The summed E-state index contributed by atoms with van der Waals surface area (Å²) >= 11 is 0. The van der Waals surface area contributed by atoms with Crippen LogP contribution >= 0.6 is 0 Å². The molecule has 0 spiro atoms. The Balaban J connectivity index is 1.75. The van der Waals surface area contributed by atoms with Crippen LogP contribution in [0.4, 0.5) is 37.7 Å². The lowest BCUT2D eigenvalue weighted by atomic mass is 9.96. The molecular weight excluding hydrogens is 578 g/mol. The van der Waals surface area contributed by atoms with E-state index in [4.69, 9.17) is 4.74 Å². The predicted molar refractivity (Wildman–Crippen MR) is 138 cm³/mol. The molecule has 0 bridgehead atoms. The molecule has 1 fully saturated rings. The second-order valence-electron chi connectivity index (χ2n) is 9.20. The third-order valence-electron chi connectivity index (χ3n) is 6.51. The first-order valence-electron chi connectivity index (χ1n) is 12.2. The molecule has 41 heavy (non-hydrogen) atoms. The van der Waals surface area contributed by atoms with Gasteiger partial charge in [0, 0.05) is 19.2 Å². The molecule has 0 saturated carbocycles. The molecule has 0 aromatic heterocycles. The van der Waals surface area contributed by atoms with Gasteiger partial charge in [-0.1, -0.05) is 12.1 Å². The first-order chi connectivity index (χ1) is 19.3. The minimum absolute atomic E-state index is 0.0583. The van der Waals surface area contributed by atoms with Gasteiger partial charge in [0.05, 0.1) is 34.9 Å². The summed E-state index contributed by atoms with van der Waals surface area (Å²) in [5, 5.41) is 0. The molecule has 7 nitrogen and oxygen atoms in total. The number of halogens is 6. The highest BCUT2D eigenvalue weighted by molar-refractivity contribution is 7.92. The maximum absolute atomic E-state index is 14.2. The molecule has 1 saturated heterocycles. The van der Waals surface area contributed by atoms with E-state index in [1.54, 1.807) is 4.90 Å². The number of carbonyl (C=O) groups excluding carboxylic acids is 1. The molecule has 1 aliphatic rings. The lowest BCUT2D eigenvalue weighted by molar-refractivity contribution is -0.146. The number of rotatable bonds is 8. The summed E-state index contributed by atoms with van der Waals surface area (Å²) in [6.07, 6.45) is -3.99. The topological polar surface area (TPSA) is 84.9 Å². The van der Waals surface area contributed by atoms with E-state index in [2.05, 4.69) is 9.46 Å². The van der Waals surface area contributed by atoms with Crippen LogP contribution in [0, 0.1) is 11.7 Å². The number of anilines is 2. The van der Waals surface area contributed by atoms with Gasteiger partial charge in [-0.05, 0) is 66.4 Å². The second kappa shape index (κ2) is 11.9. The monoisotopic (exact) mass is 602 g/mol. The highest BCUT2D eigenvalue weighted by atomic mass is 32.2. The number of alkyl halides is 5. The van der Waals surface area contributed by atoms with Crippen LogP contribution in [0.5, 0.6) is 5.75 Å². The Hall–Kier alpha value is -3.94. The summed E-state index contributed by atoms with van der Waals surface area (Å²) in [7, 11) is -3.29. The number of nitrogens with zero attached hydrogens (tertiary/aromatic N) is 1. The van der Waals surface area contributed by atoms with E-state index in [1.807, 2.05) is 0 Å². The molecule has 0 unspecified atom stereocenters. The summed E-state index contributed by atoms with van der Waals surface area (Å²) in [6.45, 7) is -2.57. The number of hydrogen-bond donors (Lipinski definition) is 1. The third-order valence-corrected chi connectivity index (χ3v) is 7.88. The maximum Gasteiger partial charge on any atom is 0.416 e. The van der Waals surface area contributed by atoms with Crippen molar-refractivity contribution in [1.29, 1.82) is 0 Å². The van der Waals surface area contributed by atoms with Gasteiger partial charge in [0.25, 0.3) is 10.0 Å². The number of benzene rings is 3. The fourth-order valence-electron chi connectivity index (χ4n) is 4.54. The van der Waals surface area contributed by atoms with Crippen molar-refractivity contribution >= 4 is 27.4 Å². The zero-order valence-electron chi connectivity index (χ0n) is 21.4. The van der Waals surface area contributed by atoms with Crippen LogP contribution in [0.25, 0.3) is 11.1 Å². The van der Waals surface area contributed by atoms with E-state index in [-0.39, 0.29) is 28.7 Å². The molecule has 0 radical (unpaired) electrons. The molecule has 0 atom stereocenters. The fraction of sp³-hybridized carbons (Fsp3) is 0.296. The Morgan fingerprint density at radius 3 is 2.34 bits per heavy atom. The summed E-state index contributed by atoms with van der Waals surface area (Å²) in [6, 6.07) is 10.4.